The van der Waals surface area contributed by atoms with Crippen molar-refractivity contribution in [2.45, 2.75) is 78.7 Å². The van der Waals surface area contributed by atoms with Gasteiger partial charge in [0.05, 0.1) is 23.7 Å². The molecule has 3 amide bonds. The van der Waals surface area contributed by atoms with Crippen molar-refractivity contribution >= 4 is 52.2 Å². The molecule has 4 rings (SSSR count). The first-order valence-electron chi connectivity index (χ1n) is 15.6. The number of fused-ring (bicyclic) bond motifs is 4. The zero-order valence-corrected chi connectivity index (χ0v) is 27.5. The fraction of sp³-hybridized carbons (Fsp3) is 0.500. The number of carbonyl (C=O) groups is 5. The van der Waals surface area contributed by atoms with E-state index < -0.39 is 6.09 Å². The van der Waals surface area contributed by atoms with Gasteiger partial charge >= 0.3 is 6.09 Å². The first kappa shape index (κ1) is 33.9. The normalized spacial score (nSPS) is 22.1. The minimum Gasteiger partial charge on any atom is -0.453 e. The molecule has 2 atom stereocenters. The Kier molecular flexibility index (Phi) is 11.6. The van der Waals surface area contributed by atoms with E-state index in [1.807, 2.05) is 19.9 Å². The van der Waals surface area contributed by atoms with Crippen LogP contribution in [0.5, 0.6) is 0 Å². The predicted molar refractivity (Wildman–Crippen MR) is 176 cm³/mol. The van der Waals surface area contributed by atoms with Gasteiger partial charge in [-0.3, -0.25) is 24.5 Å². The first-order valence-corrected chi connectivity index (χ1v) is 16.4. The fourth-order valence-corrected chi connectivity index (χ4v) is 7.21. The lowest BCUT2D eigenvalue weighted by Crippen LogP contribution is -2.36. The third-order valence-corrected chi connectivity index (χ3v) is 9.96. The van der Waals surface area contributed by atoms with E-state index in [2.05, 4.69) is 21.3 Å². The van der Waals surface area contributed by atoms with E-state index >= 15 is 0 Å². The summed E-state index contributed by atoms with van der Waals surface area (Å²) >= 11 is 1.38. The molecule has 242 valence electrons. The van der Waals surface area contributed by atoms with Gasteiger partial charge in [0.15, 0.2) is 11.6 Å². The van der Waals surface area contributed by atoms with Gasteiger partial charge in [0.2, 0.25) is 11.8 Å². The van der Waals surface area contributed by atoms with E-state index in [0.717, 1.165) is 42.8 Å². The van der Waals surface area contributed by atoms with Gasteiger partial charge in [0, 0.05) is 45.8 Å². The molecule has 0 spiro atoms. The molecule has 0 unspecified atom stereocenters. The highest BCUT2D eigenvalue weighted by Crippen LogP contribution is 2.41. The highest BCUT2D eigenvalue weighted by molar-refractivity contribution is 7.14. The molecular weight excluding hydrogens is 592 g/mol. The first-order chi connectivity index (χ1) is 21.4. The summed E-state index contributed by atoms with van der Waals surface area (Å²) in [5.74, 6) is -0.160. The third kappa shape index (κ3) is 9.03. The van der Waals surface area contributed by atoms with Crippen LogP contribution in [0.4, 0.5) is 16.2 Å². The molecular formula is C34H44N4O6S. The van der Waals surface area contributed by atoms with Crippen LogP contribution in [0.3, 0.4) is 0 Å². The molecule has 1 fully saturated rings. The summed E-state index contributed by atoms with van der Waals surface area (Å²) in [5.41, 5.74) is 3.12. The van der Waals surface area contributed by atoms with Crippen molar-refractivity contribution in [1.82, 2.24) is 10.6 Å². The quantitative estimate of drug-likeness (QED) is 0.189. The lowest BCUT2D eigenvalue weighted by Gasteiger charge is -2.29. The summed E-state index contributed by atoms with van der Waals surface area (Å²) in [6.45, 7) is 7.60. The molecule has 2 aliphatic rings. The number of carbonyl (C=O) groups excluding carboxylic acids is 5. The topological polar surface area (TPSA) is 143 Å². The molecule has 1 aromatic carbocycles. The van der Waals surface area contributed by atoms with Crippen LogP contribution in [-0.4, -0.2) is 43.1 Å². The number of hydrogen-bond acceptors (Lipinski definition) is 8. The highest BCUT2D eigenvalue weighted by Gasteiger charge is 2.30. The van der Waals surface area contributed by atoms with E-state index in [0.29, 0.717) is 52.6 Å². The Morgan fingerprint density at radius 3 is 2.40 bits per heavy atom. The average molecular weight is 637 g/mol. The maximum Gasteiger partial charge on any atom is 0.411 e. The predicted octanol–water partition coefficient (Wildman–Crippen LogP) is 6.60. The van der Waals surface area contributed by atoms with Crippen molar-refractivity contribution in [3.63, 3.8) is 0 Å². The number of rotatable bonds is 8. The van der Waals surface area contributed by atoms with E-state index in [4.69, 9.17) is 4.74 Å². The Labute approximate surface area is 268 Å². The van der Waals surface area contributed by atoms with Gasteiger partial charge in [0.25, 0.3) is 0 Å². The summed E-state index contributed by atoms with van der Waals surface area (Å²) in [6.07, 6.45) is 6.39. The number of amides is 3. The summed E-state index contributed by atoms with van der Waals surface area (Å²) in [6, 6.07) is 6.80. The molecule has 1 saturated carbocycles. The number of allylic oxidation sites excluding steroid dienone is 2. The van der Waals surface area contributed by atoms with Crippen LogP contribution in [0.25, 0.3) is 11.1 Å². The van der Waals surface area contributed by atoms with Crippen molar-refractivity contribution in [1.29, 1.82) is 0 Å². The zero-order chi connectivity index (χ0) is 32.7. The summed E-state index contributed by atoms with van der Waals surface area (Å²) in [5, 5.41) is 12.3. The van der Waals surface area contributed by atoms with Crippen molar-refractivity contribution < 1.29 is 28.7 Å². The molecule has 45 heavy (non-hydrogen) atoms. The molecule has 10 nitrogen and oxygen atoms in total. The second-order valence-electron chi connectivity index (χ2n) is 12.2. The number of Topliss-reactive ketones (excluding diaryl/α,β-unsaturated/α-hetero) is 1. The van der Waals surface area contributed by atoms with E-state index in [-0.39, 0.29) is 41.3 Å². The van der Waals surface area contributed by atoms with Gasteiger partial charge in [-0.15, -0.1) is 11.3 Å². The number of methoxy groups -OCH3 is 1. The molecule has 11 heteroatoms. The molecule has 1 aliphatic carbocycles. The van der Waals surface area contributed by atoms with E-state index in [9.17, 15) is 24.0 Å². The van der Waals surface area contributed by atoms with Crippen LogP contribution >= 0.6 is 11.3 Å². The van der Waals surface area contributed by atoms with Gasteiger partial charge < -0.3 is 20.7 Å². The minimum absolute atomic E-state index is 0.0180. The van der Waals surface area contributed by atoms with Crippen molar-refractivity contribution in [2.75, 3.05) is 24.3 Å². The molecule has 2 aromatic rings. The van der Waals surface area contributed by atoms with Crippen LogP contribution in [-0.2, 0) is 19.1 Å². The number of nitrogens with one attached hydrogen (secondary N) is 4. The van der Waals surface area contributed by atoms with Gasteiger partial charge in [-0.2, -0.15) is 0 Å². The highest BCUT2D eigenvalue weighted by atomic mass is 32.1. The van der Waals surface area contributed by atoms with Crippen LogP contribution in [0, 0.1) is 17.8 Å². The maximum absolute atomic E-state index is 13.6. The Bertz CT molecular complexity index is 1470. The molecule has 2 heterocycles. The molecule has 1 aromatic heterocycles. The number of ketones is 2. The van der Waals surface area contributed by atoms with Gasteiger partial charge in [-0.05, 0) is 89.5 Å². The Balaban J connectivity index is 1.56. The lowest BCUT2D eigenvalue weighted by atomic mass is 9.81. The number of thiophene rings is 1. The second kappa shape index (κ2) is 15.3. The molecule has 4 N–H and O–H groups in total. The standard InChI is InChI=1S/C34H44N4O6S/c1-19-7-6-8-28(37-33(42)24-11-9-23(10-12-24)18-35-20(2)15-21(3)39)30-17-27(31(45-30)22(4)40)26-14-13-25(36-34(43)44-5)16-29(26)38-32(19)41/h13-17,19,23-24,28,35H,6-12,18H2,1-5H3,(H,36,43)(H,37,42)(H,38,41)/b20-15-/t19-,23?,24?,28+/m1/s1. The third-order valence-electron chi connectivity index (χ3n) is 8.61. The Morgan fingerprint density at radius 2 is 1.73 bits per heavy atom. The minimum atomic E-state index is -0.634. The zero-order valence-electron chi connectivity index (χ0n) is 26.7. The largest absolute Gasteiger partial charge is 0.453 e. The van der Waals surface area contributed by atoms with Gasteiger partial charge in [-0.25, -0.2) is 4.79 Å². The molecule has 0 saturated heterocycles. The Morgan fingerprint density at radius 1 is 1.00 bits per heavy atom. The molecule has 1 aliphatic heterocycles. The maximum atomic E-state index is 13.6. The number of anilines is 2. The van der Waals surface area contributed by atoms with Crippen molar-refractivity contribution in [3.8, 4) is 11.1 Å². The fourth-order valence-electron chi connectivity index (χ4n) is 6.05. The van der Waals surface area contributed by atoms with Crippen molar-refractivity contribution in [3.05, 3.63) is 45.8 Å². The number of benzene rings is 1. The second-order valence-corrected chi connectivity index (χ2v) is 13.3. The lowest BCUT2D eigenvalue weighted by molar-refractivity contribution is -0.127. The number of ether oxygens (including phenoxy) is 1. The van der Waals surface area contributed by atoms with Gasteiger partial charge in [-0.1, -0.05) is 19.4 Å². The monoisotopic (exact) mass is 636 g/mol. The summed E-state index contributed by atoms with van der Waals surface area (Å²) < 4.78 is 4.71. The Hall–Kier alpha value is -3.99. The summed E-state index contributed by atoms with van der Waals surface area (Å²) in [4.78, 5) is 64.3. The SMILES string of the molecule is COC(=O)Nc1ccc2c(c1)NC(=O)[C@H](C)CCC[C@H](NC(=O)C1CCC(CN/C(C)=C\C(C)=O)CC1)c1cc-2c(C(C)=O)s1. The molecule has 2 bridgehead atoms. The van der Waals surface area contributed by atoms with Crippen LogP contribution in [0.15, 0.2) is 36.0 Å². The smallest absolute Gasteiger partial charge is 0.411 e. The van der Waals surface area contributed by atoms with Crippen LogP contribution in [0.2, 0.25) is 0 Å². The van der Waals surface area contributed by atoms with Crippen LogP contribution < -0.4 is 21.3 Å². The van der Waals surface area contributed by atoms with E-state index in [1.54, 1.807) is 24.3 Å². The van der Waals surface area contributed by atoms with Gasteiger partial charge in [0.1, 0.15) is 0 Å². The van der Waals surface area contributed by atoms with Crippen LogP contribution in [0.1, 0.15) is 93.2 Å². The average Bonchev–Trinajstić information content (AvgIpc) is 3.44. The summed E-state index contributed by atoms with van der Waals surface area (Å²) in [7, 11) is 1.27. The molecule has 0 radical (unpaired) electrons. The van der Waals surface area contributed by atoms with E-state index in [1.165, 1.54) is 32.3 Å². The number of hydrogen-bond donors (Lipinski definition) is 4. The van der Waals surface area contributed by atoms with Crippen molar-refractivity contribution in [2.24, 2.45) is 17.8 Å².